The molecule has 2 heteroatoms. The van der Waals surface area contributed by atoms with E-state index in [1.807, 2.05) is 0 Å². The summed E-state index contributed by atoms with van der Waals surface area (Å²) in [4.78, 5) is 10.3. The molecule has 2 aromatic rings. The average molecular weight is 849 g/mol. The van der Waals surface area contributed by atoms with Crippen molar-refractivity contribution in [2.45, 2.75) is 271 Å². The summed E-state index contributed by atoms with van der Waals surface area (Å²) in [6.07, 6.45) is 64.3. The molecule has 0 aliphatic carbocycles. The van der Waals surface area contributed by atoms with E-state index in [4.69, 9.17) is 9.98 Å². The Hall–Kier alpha value is -2.74. The molecule has 350 valence electrons. The van der Waals surface area contributed by atoms with Gasteiger partial charge in [0.2, 0.25) is 0 Å². The van der Waals surface area contributed by atoms with Crippen molar-refractivity contribution in [3.63, 3.8) is 0 Å². The molecule has 2 aromatic carbocycles. The quantitative estimate of drug-likeness (QED) is 0.0361. The maximum absolute atomic E-state index is 5.23. The highest BCUT2D eigenvalue weighted by atomic mass is 14.8. The molecule has 0 bridgehead atoms. The fourth-order valence-corrected chi connectivity index (χ4v) is 8.70. The van der Waals surface area contributed by atoms with E-state index in [-0.39, 0.29) is 0 Å². The van der Waals surface area contributed by atoms with Crippen molar-refractivity contribution < 1.29 is 0 Å². The van der Waals surface area contributed by atoms with Gasteiger partial charge in [-0.05, 0) is 87.5 Å². The van der Waals surface area contributed by atoms with Gasteiger partial charge >= 0.3 is 0 Å². The summed E-state index contributed by atoms with van der Waals surface area (Å²) in [5.41, 5.74) is 5.93. The topological polar surface area (TPSA) is 24.7 Å². The van der Waals surface area contributed by atoms with Gasteiger partial charge in [0.25, 0.3) is 0 Å². The first kappa shape index (κ1) is 55.4. The number of aliphatic imine (C=N–C) groups is 2. The summed E-state index contributed by atoms with van der Waals surface area (Å²) >= 11 is 0. The summed E-state index contributed by atoms with van der Waals surface area (Å²) in [5.74, 6) is 0. The number of rotatable bonds is 44. The van der Waals surface area contributed by atoms with Gasteiger partial charge < -0.3 is 0 Å². The van der Waals surface area contributed by atoms with Crippen LogP contribution >= 0.6 is 0 Å². The summed E-state index contributed by atoms with van der Waals surface area (Å²) in [6.45, 7) is 6.87. The lowest BCUT2D eigenvalue weighted by atomic mass is 10.0. The standard InChI is InChI=1S/C60H100N2/c1-4-7-10-12-14-16-18-20-22-24-26-28-30-32-34-36-38-40-42-48-56-50-44-46-53-59(56)61-55-58(52-9-6-3)62-60-54-47-45-51-57(60)49-43-41-39-37-35-33-31-29-27-25-23-21-19-17-15-13-11-8-5-2/h38-41,44-47,50-51,53-55H,4-37,42-43,48-49,52H2,1-3H3/b40-38+,41-39+,61-55?,62-58?. The van der Waals surface area contributed by atoms with Crippen LogP contribution in [-0.4, -0.2) is 11.9 Å². The predicted molar refractivity (Wildman–Crippen MR) is 282 cm³/mol. The van der Waals surface area contributed by atoms with E-state index in [0.29, 0.717) is 0 Å². The van der Waals surface area contributed by atoms with Gasteiger partial charge in [0.05, 0.1) is 17.1 Å². The molecule has 0 spiro atoms. The van der Waals surface area contributed by atoms with Crippen molar-refractivity contribution >= 4 is 23.3 Å². The number of hydrogen-bond donors (Lipinski definition) is 0. The van der Waals surface area contributed by atoms with Crippen LogP contribution in [-0.2, 0) is 12.8 Å². The molecule has 0 aromatic heterocycles. The highest BCUT2D eigenvalue weighted by molar-refractivity contribution is 6.31. The lowest BCUT2D eigenvalue weighted by Gasteiger charge is -2.07. The molecule has 0 amide bonds. The van der Waals surface area contributed by atoms with E-state index < -0.39 is 0 Å². The second kappa shape index (κ2) is 43.5. The second-order valence-electron chi connectivity index (χ2n) is 18.7. The number of unbranched alkanes of at least 4 members (excludes halogenated alkanes) is 31. The Bertz CT molecular complexity index is 1380. The van der Waals surface area contributed by atoms with Crippen molar-refractivity contribution in [2.75, 3.05) is 0 Å². The highest BCUT2D eigenvalue weighted by Gasteiger charge is 2.05. The van der Waals surface area contributed by atoms with Crippen LogP contribution in [0.1, 0.15) is 269 Å². The van der Waals surface area contributed by atoms with Crippen molar-refractivity contribution in [1.82, 2.24) is 0 Å². The van der Waals surface area contributed by atoms with Gasteiger partial charge in [0.15, 0.2) is 0 Å². The fraction of sp³-hybridized carbons (Fsp3) is 0.700. The maximum Gasteiger partial charge on any atom is 0.0665 e. The van der Waals surface area contributed by atoms with Gasteiger partial charge in [-0.25, -0.2) is 0 Å². The molecule has 62 heavy (non-hydrogen) atoms. The third-order valence-electron chi connectivity index (χ3n) is 12.8. The van der Waals surface area contributed by atoms with Crippen LogP contribution in [0.25, 0.3) is 0 Å². The van der Waals surface area contributed by atoms with Crippen molar-refractivity contribution in [1.29, 1.82) is 0 Å². The summed E-state index contributed by atoms with van der Waals surface area (Å²) in [6, 6.07) is 17.4. The monoisotopic (exact) mass is 849 g/mol. The lowest BCUT2D eigenvalue weighted by molar-refractivity contribution is 0.533. The van der Waals surface area contributed by atoms with Crippen LogP contribution in [0, 0.1) is 0 Å². The van der Waals surface area contributed by atoms with Crippen LogP contribution in [0.5, 0.6) is 0 Å². The molecule has 0 unspecified atom stereocenters. The number of nitrogens with zero attached hydrogens (tertiary/aromatic N) is 2. The molecule has 0 radical (unpaired) electrons. The Morgan fingerprint density at radius 2 is 0.677 bits per heavy atom. The summed E-state index contributed by atoms with van der Waals surface area (Å²) < 4.78 is 0. The van der Waals surface area contributed by atoms with Crippen molar-refractivity contribution in [3.05, 3.63) is 84.0 Å². The molecular formula is C60H100N2. The molecule has 0 fully saturated rings. The largest absolute Gasteiger partial charge is 0.255 e. The van der Waals surface area contributed by atoms with Gasteiger partial charge in [-0.1, -0.05) is 268 Å². The third kappa shape index (κ3) is 32.9. The van der Waals surface area contributed by atoms with Crippen molar-refractivity contribution in [3.8, 4) is 0 Å². The first-order chi connectivity index (χ1) is 30.8. The Balaban J connectivity index is 1.65. The Labute approximate surface area is 386 Å². The molecule has 0 N–H and O–H groups in total. The molecule has 0 aliphatic rings. The third-order valence-corrected chi connectivity index (χ3v) is 12.8. The highest BCUT2D eigenvalue weighted by Crippen LogP contribution is 2.24. The van der Waals surface area contributed by atoms with E-state index >= 15 is 0 Å². The van der Waals surface area contributed by atoms with Crippen LogP contribution in [0.2, 0.25) is 0 Å². The minimum atomic E-state index is 0.956. The van der Waals surface area contributed by atoms with E-state index in [9.17, 15) is 0 Å². The Kier molecular flexibility index (Phi) is 38.9. The lowest BCUT2D eigenvalue weighted by Crippen LogP contribution is -2.00. The number of para-hydroxylation sites is 2. The summed E-state index contributed by atoms with van der Waals surface area (Å²) in [7, 11) is 0. The number of allylic oxidation sites excluding steroid dienone is 4. The van der Waals surface area contributed by atoms with Gasteiger partial charge in [-0.2, -0.15) is 0 Å². The van der Waals surface area contributed by atoms with E-state index in [0.717, 1.165) is 62.0 Å². The zero-order chi connectivity index (χ0) is 44.1. The van der Waals surface area contributed by atoms with Crippen LogP contribution < -0.4 is 0 Å². The van der Waals surface area contributed by atoms with Gasteiger partial charge in [0.1, 0.15) is 0 Å². The maximum atomic E-state index is 5.23. The summed E-state index contributed by atoms with van der Waals surface area (Å²) in [5, 5.41) is 0. The Morgan fingerprint density at radius 3 is 1.08 bits per heavy atom. The molecule has 0 saturated heterocycles. The predicted octanol–water partition coefficient (Wildman–Crippen LogP) is 20.9. The van der Waals surface area contributed by atoms with Gasteiger partial charge in [-0.3, -0.25) is 9.98 Å². The van der Waals surface area contributed by atoms with Gasteiger partial charge in [0, 0.05) is 6.21 Å². The minimum absolute atomic E-state index is 0.956. The number of benzene rings is 2. The zero-order valence-corrected chi connectivity index (χ0v) is 41.5. The molecule has 0 saturated carbocycles. The molecule has 0 heterocycles. The molecule has 0 aliphatic heterocycles. The van der Waals surface area contributed by atoms with E-state index in [1.54, 1.807) is 0 Å². The van der Waals surface area contributed by atoms with Crippen LogP contribution in [0.4, 0.5) is 11.4 Å². The first-order valence-electron chi connectivity index (χ1n) is 27.4. The zero-order valence-electron chi connectivity index (χ0n) is 41.5. The minimum Gasteiger partial charge on any atom is -0.255 e. The van der Waals surface area contributed by atoms with Crippen LogP contribution in [0.15, 0.2) is 82.8 Å². The molecule has 0 atom stereocenters. The number of hydrogen-bond acceptors (Lipinski definition) is 2. The van der Waals surface area contributed by atoms with Crippen molar-refractivity contribution in [2.24, 2.45) is 9.98 Å². The molecular weight excluding hydrogens is 749 g/mol. The smallest absolute Gasteiger partial charge is 0.0665 e. The molecule has 2 nitrogen and oxygen atoms in total. The average Bonchev–Trinajstić information content (AvgIpc) is 3.29. The van der Waals surface area contributed by atoms with E-state index in [2.05, 4.69) is 99.8 Å². The van der Waals surface area contributed by atoms with Gasteiger partial charge in [-0.15, -0.1) is 0 Å². The van der Waals surface area contributed by atoms with E-state index in [1.165, 1.54) is 217 Å². The Morgan fingerprint density at radius 1 is 0.355 bits per heavy atom. The molecule has 2 rings (SSSR count). The SMILES string of the molecule is CCCCCCCCCCCCCCCCC/C=C/CCc1ccccc1N=CC(CCCC)=Nc1ccccc1CC/C=C/CCCCCCCCCCCCCCCCC. The fourth-order valence-electron chi connectivity index (χ4n) is 8.70. The normalized spacial score (nSPS) is 12.3. The second-order valence-corrected chi connectivity index (χ2v) is 18.7. The first-order valence-corrected chi connectivity index (χ1v) is 27.4. The van der Waals surface area contributed by atoms with Crippen LogP contribution in [0.3, 0.4) is 0 Å². The number of aryl methyl sites for hydroxylation is 2.